The zero-order valence-corrected chi connectivity index (χ0v) is 13.1. The van der Waals surface area contributed by atoms with Crippen molar-refractivity contribution in [2.75, 3.05) is 0 Å². The van der Waals surface area contributed by atoms with E-state index in [1.165, 1.54) is 11.0 Å². The monoisotopic (exact) mass is 312 g/mol. The number of nitrogens with two attached hydrogens (primary N) is 1. The fourth-order valence-electron chi connectivity index (χ4n) is 2.00. The summed E-state index contributed by atoms with van der Waals surface area (Å²) in [7, 11) is -1.89. The van der Waals surface area contributed by atoms with Gasteiger partial charge in [0.15, 0.2) is 5.82 Å². The molecule has 2 heterocycles. The van der Waals surface area contributed by atoms with E-state index in [0.717, 1.165) is 5.69 Å². The topological polar surface area (TPSA) is 108 Å². The molecule has 0 atom stereocenters. The Kier molecular flexibility index (Phi) is 4.45. The highest BCUT2D eigenvalue weighted by Crippen LogP contribution is 2.18. The molecule has 0 amide bonds. The molecule has 0 spiro atoms. The van der Waals surface area contributed by atoms with Crippen molar-refractivity contribution in [3.8, 4) is 0 Å². The number of nitrogens with zero attached hydrogens (tertiary/aromatic N) is 4. The van der Waals surface area contributed by atoms with Crippen molar-refractivity contribution >= 4 is 10.0 Å². The molecule has 0 bridgehead atoms. The SMILES string of the molecule is CC(C)n1cc(S(=O)(=O)NCc2ncn(C)n2)cc1CN. The van der Waals surface area contributed by atoms with Crippen LogP contribution in [0.25, 0.3) is 0 Å². The van der Waals surface area contributed by atoms with Crippen molar-refractivity contribution < 1.29 is 8.42 Å². The Morgan fingerprint density at radius 1 is 1.43 bits per heavy atom. The van der Waals surface area contributed by atoms with E-state index in [9.17, 15) is 8.42 Å². The van der Waals surface area contributed by atoms with Gasteiger partial charge in [0.25, 0.3) is 0 Å². The van der Waals surface area contributed by atoms with E-state index < -0.39 is 10.0 Å². The van der Waals surface area contributed by atoms with Gasteiger partial charge in [-0.3, -0.25) is 4.68 Å². The molecule has 0 saturated carbocycles. The number of hydrogen-bond donors (Lipinski definition) is 2. The molecule has 0 aliphatic heterocycles. The average Bonchev–Trinajstić information content (AvgIpc) is 3.02. The number of sulfonamides is 1. The van der Waals surface area contributed by atoms with Crippen LogP contribution in [0.15, 0.2) is 23.5 Å². The lowest BCUT2D eigenvalue weighted by Crippen LogP contribution is -2.23. The van der Waals surface area contributed by atoms with Crippen molar-refractivity contribution in [1.82, 2.24) is 24.1 Å². The summed E-state index contributed by atoms with van der Waals surface area (Å²) in [6, 6.07) is 1.73. The lowest BCUT2D eigenvalue weighted by molar-refractivity contribution is 0.568. The summed E-state index contributed by atoms with van der Waals surface area (Å²) in [6.07, 6.45) is 3.12. The maximum absolute atomic E-state index is 12.3. The lowest BCUT2D eigenvalue weighted by Gasteiger charge is -2.10. The van der Waals surface area contributed by atoms with Gasteiger partial charge in [-0.05, 0) is 19.9 Å². The quantitative estimate of drug-likeness (QED) is 0.788. The second-order valence-corrected chi connectivity index (χ2v) is 6.80. The van der Waals surface area contributed by atoms with Crippen LogP contribution in [0.1, 0.15) is 31.4 Å². The number of hydrogen-bond acceptors (Lipinski definition) is 5. The van der Waals surface area contributed by atoms with Gasteiger partial charge in [0.1, 0.15) is 6.33 Å². The Hall–Kier alpha value is -1.71. The van der Waals surface area contributed by atoms with Gasteiger partial charge >= 0.3 is 0 Å². The number of aromatic nitrogens is 4. The predicted octanol–water partition coefficient (Wildman–Crippen LogP) is 0.135. The molecule has 3 N–H and O–H groups in total. The van der Waals surface area contributed by atoms with Crippen LogP contribution in [0.4, 0.5) is 0 Å². The smallest absolute Gasteiger partial charge is 0.242 e. The van der Waals surface area contributed by atoms with Gasteiger partial charge in [-0.25, -0.2) is 18.1 Å². The number of nitrogens with one attached hydrogen (secondary N) is 1. The van der Waals surface area contributed by atoms with E-state index in [4.69, 9.17) is 5.73 Å². The summed E-state index contributed by atoms with van der Waals surface area (Å²) < 4.78 is 30.4. The average molecular weight is 312 g/mol. The second-order valence-electron chi connectivity index (χ2n) is 5.03. The van der Waals surface area contributed by atoms with Gasteiger partial charge in [-0.2, -0.15) is 5.10 Å². The minimum absolute atomic E-state index is 0.0496. The fourth-order valence-corrected chi connectivity index (χ4v) is 3.03. The van der Waals surface area contributed by atoms with Crippen molar-refractivity contribution in [1.29, 1.82) is 0 Å². The van der Waals surface area contributed by atoms with E-state index in [0.29, 0.717) is 5.82 Å². The molecule has 0 fully saturated rings. The Bertz CT molecular complexity index is 716. The van der Waals surface area contributed by atoms with Crippen molar-refractivity contribution in [2.45, 2.75) is 37.9 Å². The van der Waals surface area contributed by atoms with Crippen LogP contribution >= 0.6 is 0 Å². The van der Waals surface area contributed by atoms with Crippen LogP contribution < -0.4 is 10.5 Å². The van der Waals surface area contributed by atoms with Crippen molar-refractivity contribution in [2.24, 2.45) is 12.8 Å². The van der Waals surface area contributed by atoms with Crippen LogP contribution in [-0.4, -0.2) is 27.7 Å². The molecular weight excluding hydrogens is 292 g/mol. The predicted molar refractivity (Wildman–Crippen MR) is 77.7 cm³/mol. The zero-order valence-electron chi connectivity index (χ0n) is 12.3. The summed E-state index contributed by atoms with van der Waals surface area (Å²) in [6.45, 7) is 4.28. The minimum Gasteiger partial charge on any atom is -0.346 e. The van der Waals surface area contributed by atoms with Crippen LogP contribution in [0.3, 0.4) is 0 Å². The van der Waals surface area contributed by atoms with E-state index in [1.807, 2.05) is 18.4 Å². The molecule has 0 aliphatic rings. The molecule has 0 radical (unpaired) electrons. The third kappa shape index (κ3) is 3.49. The minimum atomic E-state index is -3.61. The van der Waals surface area contributed by atoms with Crippen LogP contribution in [0.5, 0.6) is 0 Å². The third-order valence-electron chi connectivity index (χ3n) is 3.05. The van der Waals surface area contributed by atoms with Crippen LogP contribution in [0, 0.1) is 0 Å². The molecule has 8 nitrogen and oxygen atoms in total. The molecule has 9 heteroatoms. The summed E-state index contributed by atoms with van der Waals surface area (Å²) in [5.41, 5.74) is 6.43. The molecular formula is C12H20N6O2S. The first-order valence-corrected chi connectivity index (χ1v) is 8.07. The maximum atomic E-state index is 12.3. The highest BCUT2D eigenvalue weighted by atomic mass is 32.2. The molecule has 0 saturated heterocycles. The first-order chi connectivity index (χ1) is 9.83. The third-order valence-corrected chi connectivity index (χ3v) is 4.42. The summed E-state index contributed by atoms with van der Waals surface area (Å²) in [4.78, 5) is 4.18. The summed E-state index contributed by atoms with van der Waals surface area (Å²) in [5, 5.41) is 4.03. The fraction of sp³-hybridized carbons (Fsp3) is 0.500. The molecule has 0 aromatic carbocycles. The van der Waals surface area contributed by atoms with E-state index in [-0.39, 0.29) is 24.0 Å². The van der Waals surface area contributed by atoms with Crippen LogP contribution in [-0.2, 0) is 30.2 Å². The maximum Gasteiger partial charge on any atom is 0.242 e. The lowest BCUT2D eigenvalue weighted by atomic mass is 10.3. The Balaban J connectivity index is 2.19. The molecule has 116 valence electrons. The highest BCUT2D eigenvalue weighted by Gasteiger charge is 2.19. The largest absolute Gasteiger partial charge is 0.346 e. The standard InChI is InChI=1S/C12H20N6O2S/c1-9(2)18-7-11(4-10(18)5-13)21(19,20)15-6-12-14-8-17(3)16-12/h4,7-9,15H,5-6,13H2,1-3H3. The van der Waals surface area contributed by atoms with Gasteiger partial charge < -0.3 is 10.3 Å². The Labute approximate surface area is 124 Å². The van der Waals surface area contributed by atoms with E-state index in [1.54, 1.807) is 19.3 Å². The molecule has 0 aliphatic carbocycles. The van der Waals surface area contributed by atoms with Gasteiger partial charge in [0, 0.05) is 31.5 Å². The molecule has 2 rings (SSSR count). The summed E-state index contributed by atoms with van der Waals surface area (Å²) >= 11 is 0. The normalized spacial score (nSPS) is 12.2. The Morgan fingerprint density at radius 2 is 2.14 bits per heavy atom. The van der Waals surface area contributed by atoms with Gasteiger partial charge in [-0.15, -0.1) is 0 Å². The molecule has 2 aromatic heterocycles. The van der Waals surface area contributed by atoms with E-state index >= 15 is 0 Å². The molecule has 2 aromatic rings. The number of aryl methyl sites for hydroxylation is 1. The Morgan fingerprint density at radius 3 is 2.62 bits per heavy atom. The number of rotatable bonds is 6. The summed E-state index contributed by atoms with van der Waals surface area (Å²) in [5.74, 6) is 0.420. The van der Waals surface area contributed by atoms with Gasteiger partial charge in [0.2, 0.25) is 10.0 Å². The van der Waals surface area contributed by atoms with Crippen LogP contribution in [0.2, 0.25) is 0 Å². The van der Waals surface area contributed by atoms with Gasteiger partial charge in [-0.1, -0.05) is 0 Å². The first kappa shape index (κ1) is 15.7. The van der Waals surface area contributed by atoms with Crippen molar-refractivity contribution in [3.63, 3.8) is 0 Å². The second kappa shape index (κ2) is 5.96. The first-order valence-electron chi connectivity index (χ1n) is 6.58. The van der Waals surface area contributed by atoms with E-state index in [2.05, 4.69) is 14.8 Å². The molecule has 0 unspecified atom stereocenters. The van der Waals surface area contributed by atoms with Crippen molar-refractivity contribution in [3.05, 3.63) is 30.1 Å². The van der Waals surface area contributed by atoms with Gasteiger partial charge in [0.05, 0.1) is 11.4 Å². The highest BCUT2D eigenvalue weighted by molar-refractivity contribution is 7.89. The molecule has 21 heavy (non-hydrogen) atoms. The zero-order chi connectivity index (χ0) is 15.6.